The van der Waals surface area contributed by atoms with Crippen LogP contribution in [0.1, 0.15) is 35.7 Å². The van der Waals surface area contributed by atoms with Gasteiger partial charge in [0, 0.05) is 24.7 Å². The molecule has 0 heterocycles. The molecule has 1 atom stereocenters. The fourth-order valence-electron chi connectivity index (χ4n) is 2.01. The quantitative estimate of drug-likeness (QED) is 0.739. The normalized spacial score (nSPS) is 11.8. The van der Waals surface area contributed by atoms with Crippen LogP contribution in [-0.4, -0.2) is 25.4 Å². The van der Waals surface area contributed by atoms with Crippen LogP contribution in [0.3, 0.4) is 0 Å². The third-order valence-electron chi connectivity index (χ3n) is 3.46. The standard InChI is InChI=1S/C15H23N3O2/c1-4-11(9-16)8-14(19)18-13-7-5-6-12(10(13)2)15(20)17-3/h5-7,11H,4,8-9,16H2,1-3H3,(H,17,20)(H,18,19). The van der Waals surface area contributed by atoms with Gasteiger partial charge in [0.1, 0.15) is 0 Å². The number of benzene rings is 1. The maximum absolute atomic E-state index is 12.0. The maximum Gasteiger partial charge on any atom is 0.251 e. The number of rotatable bonds is 6. The van der Waals surface area contributed by atoms with E-state index in [0.717, 1.165) is 12.0 Å². The molecule has 20 heavy (non-hydrogen) atoms. The molecule has 0 aliphatic rings. The van der Waals surface area contributed by atoms with Crippen molar-refractivity contribution in [2.75, 3.05) is 18.9 Å². The van der Waals surface area contributed by atoms with E-state index in [2.05, 4.69) is 10.6 Å². The molecule has 1 aromatic rings. The van der Waals surface area contributed by atoms with Crippen LogP contribution in [-0.2, 0) is 4.79 Å². The van der Waals surface area contributed by atoms with Gasteiger partial charge in [0.05, 0.1) is 0 Å². The Morgan fingerprint density at radius 1 is 1.35 bits per heavy atom. The topological polar surface area (TPSA) is 84.2 Å². The van der Waals surface area contributed by atoms with Gasteiger partial charge < -0.3 is 16.4 Å². The summed E-state index contributed by atoms with van der Waals surface area (Å²) in [5.41, 5.74) is 7.60. The van der Waals surface area contributed by atoms with E-state index in [0.29, 0.717) is 24.2 Å². The zero-order chi connectivity index (χ0) is 15.1. The fraction of sp³-hybridized carbons (Fsp3) is 0.467. The van der Waals surface area contributed by atoms with E-state index < -0.39 is 0 Å². The van der Waals surface area contributed by atoms with Crippen molar-refractivity contribution >= 4 is 17.5 Å². The van der Waals surface area contributed by atoms with E-state index in [-0.39, 0.29) is 17.7 Å². The van der Waals surface area contributed by atoms with E-state index in [1.165, 1.54) is 0 Å². The van der Waals surface area contributed by atoms with Crippen molar-refractivity contribution in [2.45, 2.75) is 26.7 Å². The molecule has 0 fully saturated rings. The number of hydrogen-bond donors (Lipinski definition) is 3. The summed E-state index contributed by atoms with van der Waals surface area (Å²) in [6, 6.07) is 5.29. The molecule has 0 aromatic heterocycles. The summed E-state index contributed by atoms with van der Waals surface area (Å²) >= 11 is 0. The predicted molar refractivity (Wildman–Crippen MR) is 80.7 cm³/mol. The molecule has 0 bridgehead atoms. The second-order valence-electron chi connectivity index (χ2n) is 4.82. The second-order valence-corrected chi connectivity index (χ2v) is 4.82. The first-order valence-electron chi connectivity index (χ1n) is 6.85. The molecule has 0 spiro atoms. The van der Waals surface area contributed by atoms with E-state index in [9.17, 15) is 9.59 Å². The molecule has 0 aliphatic carbocycles. The van der Waals surface area contributed by atoms with Gasteiger partial charge in [-0.2, -0.15) is 0 Å². The highest BCUT2D eigenvalue weighted by atomic mass is 16.2. The lowest BCUT2D eigenvalue weighted by atomic mass is 10.0. The van der Waals surface area contributed by atoms with Gasteiger partial charge in [-0.05, 0) is 37.1 Å². The van der Waals surface area contributed by atoms with Crippen LogP contribution in [0.2, 0.25) is 0 Å². The maximum atomic E-state index is 12.0. The summed E-state index contributed by atoms with van der Waals surface area (Å²) in [5.74, 6) is -0.0381. The monoisotopic (exact) mass is 277 g/mol. The first-order valence-corrected chi connectivity index (χ1v) is 6.85. The summed E-state index contributed by atoms with van der Waals surface area (Å²) in [6.45, 7) is 4.34. The van der Waals surface area contributed by atoms with Crippen molar-refractivity contribution in [1.82, 2.24) is 5.32 Å². The Hall–Kier alpha value is -1.88. The van der Waals surface area contributed by atoms with Crippen LogP contribution in [0.5, 0.6) is 0 Å². The minimum atomic E-state index is -0.160. The van der Waals surface area contributed by atoms with Crippen molar-refractivity contribution < 1.29 is 9.59 Å². The minimum absolute atomic E-state index is 0.0699. The highest BCUT2D eigenvalue weighted by Gasteiger charge is 2.14. The molecule has 1 aromatic carbocycles. The van der Waals surface area contributed by atoms with E-state index in [1.807, 2.05) is 13.8 Å². The number of nitrogens with one attached hydrogen (secondary N) is 2. The molecule has 1 unspecified atom stereocenters. The van der Waals surface area contributed by atoms with Crippen LogP contribution in [0.15, 0.2) is 18.2 Å². The molecule has 1 rings (SSSR count). The number of carbonyl (C=O) groups is 2. The lowest BCUT2D eigenvalue weighted by molar-refractivity contribution is -0.117. The Balaban J connectivity index is 2.83. The summed E-state index contributed by atoms with van der Waals surface area (Å²) in [4.78, 5) is 23.7. The van der Waals surface area contributed by atoms with E-state index in [1.54, 1.807) is 25.2 Å². The lowest BCUT2D eigenvalue weighted by Gasteiger charge is -2.14. The molecule has 2 amide bonds. The number of anilines is 1. The van der Waals surface area contributed by atoms with Gasteiger partial charge in [-0.1, -0.05) is 19.4 Å². The molecule has 0 saturated carbocycles. The van der Waals surface area contributed by atoms with Gasteiger partial charge in [0.15, 0.2) is 0 Å². The Bertz CT molecular complexity index is 482. The number of carbonyl (C=O) groups excluding carboxylic acids is 2. The Kier molecular flexibility index (Phi) is 6.18. The van der Waals surface area contributed by atoms with Gasteiger partial charge in [0.25, 0.3) is 5.91 Å². The van der Waals surface area contributed by atoms with Crippen LogP contribution in [0, 0.1) is 12.8 Å². The average molecular weight is 277 g/mol. The lowest BCUT2D eigenvalue weighted by Crippen LogP contribution is -2.23. The molecule has 110 valence electrons. The second kappa shape index (κ2) is 7.65. The van der Waals surface area contributed by atoms with Gasteiger partial charge in [-0.15, -0.1) is 0 Å². The molecule has 4 N–H and O–H groups in total. The van der Waals surface area contributed by atoms with Crippen molar-refractivity contribution in [1.29, 1.82) is 0 Å². The average Bonchev–Trinajstić information content (AvgIpc) is 2.46. The van der Waals surface area contributed by atoms with Gasteiger partial charge >= 0.3 is 0 Å². The van der Waals surface area contributed by atoms with E-state index in [4.69, 9.17) is 5.73 Å². The molecule has 0 radical (unpaired) electrons. The SMILES string of the molecule is CCC(CN)CC(=O)Nc1cccc(C(=O)NC)c1C. The predicted octanol–water partition coefficient (Wildman–Crippen LogP) is 1.67. The van der Waals surface area contributed by atoms with Gasteiger partial charge in [-0.25, -0.2) is 0 Å². The number of nitrogens with two attached hydrogens (primary N) is 1. The minimum Gasteiger partial charge on any atom is -0.355 e. The summed E-state index contributed by atoms with van der Waals surface area (Å²) in [5, 5.41) is 5.44. The first-order chi connectivity index (χ1) is 9.53. The summed E-state index contributed by atoms with van der Waals surface area (Å²) < 4.78 is 0. The molecule has 5 heteroatoms. The van der Waals surface area contributed by atoms with Crippen LogP contribution in [0.4, 0.5) is 5.69 Å². The third kappa shape index (κ3) is 4.06. The largest absolute Gasteiger partial charge is 0.355 e. The van der Waals surface area contributed by atoms with Gasteiger partial charge in [0.2, 0.25) is 5.91 Å². The molecular formula is C15H23N3O2. The molecule has 5 nitrogen and oxygen atoms in total. The third-order valence-corrected chi connectivity index (χ3v) is 3.46. The molecule has 0 aliphatic heterocycles. The molecular weight excluding hydrogens is 254 g/mol. The Morgan fingerprint density at radius 3 is 2.60 bits per heavy atom. The highest BCUT2D eigenvalue weighted by molar-refractivity contribution is 5.99. The van der Waals surface area contributed by atoms with Gasteiger partial charge in [-0.3, -0.25) is 9.59 Å². The Labute approximate surface area is 119 Å². The van der Waals surface area contributed by atoms with Crippen LogP contribution < -0.4 is 16.4 Å². The van der Waals surface area contributed by atoms with E-state index >= 15 is 0 Å². The highest BCUT2D eigenvalue weighted by Crippen LogP contribution is 2.20. The smallest absolute Gasteiger partial charge is 0.251 e. The van der Waals surface area contributed by atoms with Crippen molar-refractivity contribution in [3.63, 3.8) is 0 Å². The fourth-order valence-corrected chi connectivity index (χ4v) is 2.01. The van der Waals surface area contributed by atoms with Crippen molar-refractivity contribution in [3.8, 4) is 0 Å². The summed E-state index contributed by atoms with van der Waals surface area (Å²) in [7, 11) is 1.58. The number of amides is 2. The summed E-state index contributed by atoms with van der Waals surface area (Å²) in [6.07, 6.45) is 1.28. The van der Waals surface area contributed by atoms with Crippen molar-refractivity contribution in [2.24, 2.45) is 11.7 Å². The Morgan fingerprint density at radius 2 is 2.05 bits per heavy atom. The number of hydrogen-bond acceptors (Lipinski definition) is 3. The van der Waals surface area contributed by atoms with Crippen molar-refractivity contribution in [3.05, 3.63) is 29.3 Å². The first kappa shape index (κ1) is 16.2. The zero-order valence-corrected chi connectivity index (χ0v) is 12.3. The van der Waals surface area contributed by atoms with Crippen LogP contribution in [0.25, 0.3) is 0 Å². The van der Waals surface area contributed by atoms with Crippen LogP contribution >= 0.6 is 0 Å². The zero-order valence-electron chi connectivity index (χ0n) is 12.3. The molecule has 0 saturated heterocycles.